The van der Waals surface area contributed by atoms with E-state index in [0.717, 1.165) is 42.1 Å². The van der Waals surface area contributed by atoms with Crippen molar-refractivity contribution in [1.82, 2.24) is 14.9 Å². The van der Waals surface area contributed by atoms with Gasteiger partial charge in [-0.25, -0.2) is 4.67 Å². The minimum absolute atomic E-state index is 0.0105. The van der Waals surface area contributed by atoms with Crippen LogP contribution in [0.15, 0.2) is 24.3 Å². The van der Waals surface area contributed by atoms with Crippen molar-refractivity contribution in [2.24, 2.45) is 5.92 Å². The highest BCUT2D eigenvalue weighted by molar-refractivity contribution is 8.14. The van der Waals surface area contributed by atoms with Gasteiger partial charge in [-0.05, 0) is 37.2 Å². The molecule has 1 aromatic carbocycles. The molecule has 2 heterocycles. The van der Waals surface area contributed by atoms with Crippen LogP contribution in [0.5, 0.6) is 0 Å². The van der Waals surface area contributed by atoms with Crippen molar-refractivity contribution in [2.45, 2.75) is 25.8 Å². The maximum atomic E-state index is 6.57. The number of nitrogens with one attached hydrogen (secondary N) is 2. The van der Waals surface area contributed by atoms with Crippen molar-refractivity contribution in [3.05, 3.63) is 29.8 Å². The SMILES string of the molecule is Cc1ccc(NC(=[N+]=C2NCCS2)N2CCC(C)C2Cl)cc1. The van der Waals surface area contributed by atoms with Gasteiger partial charge in [0.2, 0.25) is 0 Å². The third-order valence-electron chi connectivity index (χ3n) is 4.00. The van der Waals surface area contributed by atoms with Gasteiger partial charge in [0, 0.05) is 11.7 Å². The molecule has 4 nitrogen and oxygen atoms in total. The van der Waals surface area contributed by atoms with Gasteiger partial charge in [0.15, 0.2) is 0 Å². The number of thioether (sulfide) groups is 1. The molecule has 1 aromatic rings. The normalized spacial score (nSPS) is 24.1. The van der Waals surface area contributed by atoms with Crippen LogP contribution in [0.3, 0.4) is 0 Å². The number of alkyl halides is 1. The summed E-state index contributed by atoms with van der Waals surface area (Å²) in [6.07, 6.45) is 1.10. The third kappa shape index (κ3) is 3.54. The number of guanidine groups is 1. The third-order valence-corrected chi connectivity index (χ3v) is 5.58. The highest BCUT2D eigenvalue weighted by Crippen LogP contribution is 2.27. The van der Waals surface area contributed by atoms with Gasteiger partial charge in [-0.3, -0.25) is 10.2 Å². The average molecular weight is 338 g/mol. The van der Waals surface area contributed by atoms with E-state index in [1.165, 1.54) is 5.56 Å². The second-order valence-electron chi connectivity index (χ2n) is 5.84. The lowest BCUT2D eigenvalue weighted by Gasteiger charge is -2.18. The number of aryl methyl sites for hydroxylation is 1. The number of benzene rings is 1. The number of hydrogen-bond donors (Lipinski definition) is 2. The van der Waals surface area contributed by atoms with Gasteiger partial charge >= 0.3 is 11.1 Å². The van der Waals surface area contributed by atoms with Crippen molar-refractivity contribution in [1.29, 1.82) is 0 Å². The minimum atomic E-state index is -0.0105. The number of hydrogen-bond acceptors (Lipinski definition) is 1. The highest BCUT2D eigenvalue weighted by atomic mass is 35.5. The van der Waals surface area contributed by atoms with Crippen molar-refractivity contribution >= 4 is 40.2 Å². The van der Waals surface area contributed by atoms with Crippen LogP contribution in [0, 0.1) is 12.8 Å². The van der Waals surface area contributed by atoms with E-state index in [-0.39, 0.29) is 5.50 Å². The Balaban J connectivity index is 1.89. The van der Waals surface area contributed by atoms with Gasteiger partial charge in [0.1, 0.15) is 5.50 Å². The zero-order valence-electron chi connectivity index (χ0n) is 13.0. The van der Waals surface area contributed by atoms with Crippen LogP contribution in [-0.4, -0.2) is 40.4 Å². The van der Waals surface area contributed by atoms with Crippen LogP contribution in [0.1, 0.15) is 18.9 Å². The summed E-state index contributed by atoms with van der Waals surface area (Å²) in [6.45, 7) is 6.19. The zero-order valence-corrected chi connectivity index (χ0v) is 14.5. The lowest BCUT2D eigenvalue weighted by Crippen LogP contribution is -2.41. The standard InChI is InChI=1S/C16H21ClN4S/c1-11-3-5-13(6-4-11)19-15(20-16-18-8-10-22-16)21-9-7-12(2)14(21)17/h3-6,12,14H,7-10H2,1-2H3,(H,18,19,20)/p+1. The average Bonchev–Trinajstić information content (AvgIpc) is 3.12. The lowest BCUT2D eigenvalue weighted by atomic mass is 10.2. The van der Waals surface area contributed by atoms with Crippen LogP contribution in [0.25, 0.3) is 0 Å². The Bertz CT molecular complexity index is 587. The van der Waals surface area contributed by atoms with Crippen molar-refractivity contribution in [2.75, 3.05) is 24.2 Å². The summed E-state index contributed by atoms with van der Waals surface area (Å²) in [7, 11) is 0. The molecular formula is C16H22ClN4S+. The van der Waals surface area contributed by atoms with Gasteiger partial charge in [-0.2, -0.15) is 0 Å². The Morgan fingerprint density at radius 1 is 1.41 bits per heavy atom. The molecule has 2 fully saturated rings. The summed E-state index contributed by atoms with van der Waals surface area (Å²) in [5.41, 5.74) is 2.27. The second kappa shape index (κ2) is 6.86. The predicted octanol–water partition coefficient (Wildman–Crippen LogP) is 2.43. The summed E-state index contributed by atoms with van der Waals surface area (Å²) < 4.78 is 4.78. The van der Waals surface area contributed by atoms with Gasteiger partial charge in [-0.15, -0.1) is 0 Å². The minimum Gasteiger partial charge on any atom is -0.302 e. The van der Waals surface area contributed by atoms with E-state index in [2.05, 4.69) is 53.6 Å². The van der Waals surface area contributed by atoms with E-state index in [4.69, 9.17) is 16.3 Å². The topological polar surface area (TPSA) is 41.4 Å². The summed E-state index contributed by atoms with van der Waals surface area (Å²) in [6, 6.07) is 8.35. The highest BCUT2D eigenvalue weighted by Gasteiger charge is 2.37. The molecule has 6 heteroatoms. The molecule has 0 saturated carbocycles. The number of rotatable bonds is 1. The number of anilines is 1. The van der Waals surface area contributed by atoms with Crippen LogP contribution in [0.4, 0.5) is 5.69 Å². The lowest BCUT2D eigenvalue weighted by molar-refractivity contribution is 0.445. The van der Waals surface area contributed by atoms with Crippen LogP contribution >= 0.6 is 23.4 Å². The molecule has 2 N–H and O–H groups in total. The quantitative estimate of drug-likeness (QED) is 0.271. The molecule has 0 aromatic heterocycles. The zero-order chi connectivity index (χ0) is 15.5. The van der Waals surface area contributed by atoms with Crippen LogP contribution < -0.4 is 15.3 Å². The van der Waals surface area contributed by atoms with Crippen molar-refractivity contribution in [3.8, 4) is 0 Å². The summed E-state index contributed by atoms with van der Waals surface area (Å²) in [4.78, 5) is 2.17. The van der Waals surface area contributed by atoms with E-state index in [1.54, 1.807) is 11.8 Å². The Hall–Kier alpha value is -1.29. The molecule has 2 atom stereocenters. The number of likely N-dealkylation sites (tertiary alicyclic amines) is 1. The summed E-state index contributed by atoms with van der Waals surface area (Å²) >= 11 is 8.32. The Morgan fingerprint density at radius 3 is 2.77 bits per heavy atom. The van der Waals surface area contributed by atoms with Gasteiger partial charge < -0.3 is 5.32 Å². The Kier molecular flexibility index (Phi) is 4.87. The molecule has 0 spiro atoms. The second-order valence-corrected chi connectivity index (χ2v) is 7.37. The fourth-order valence-corrected chi connectivity index (χ4v) is 3.66. The molecule has 2 aliphatic rings. The number of halogens is 1. The first-order chi connectivity index (χ1) is 10.6. The van der Waals surface area contributed by atoms with Crippen molar-refractivity contribution < 1.29 is 0 Å². The van der Waals surface area contributed by atoms with E-state index >= 15 is 0 Å². The van der Waals surface area contributed by atoms with E-state index in [0.29, 0.717) is 5.92 Å². The Morgan fingerprint density at radius 2 is 2.18 bits per heavy atom. The maximum absolute atomic E-state index is 6.57. The molecule has 2 aliphatic heterocycles. The predicted molar refractivity (Wildman–Crippen MR) is 97.5 cm³/mol. The first kappa shape index (κ1) is 15.6. The van der Waals surface area contributed by atoms with Gasteiger partial charge in [-0.1, -0.05) is 36.2 Å². The molecule has 0 aliphatic carbocycles. The number of amidine groups is 1. The summed E-state index contributed by atoms with van der Waals surface area (Å²) in [5.74, 6) is 2.38. The summed E-state index contributed by atoms with van der Waals surface area (Å²) in [5, 5.41) is 7.73. The van der Waals surface area contributed by atoms with E-state index in [9.17, 15) is 0 Å². The fourth-order valence-electron chi connectivity index (χ4n) is 2.59. The molecule has 0 amide bonds. The van der Waals surface area contributed by atoms with Gasteiger partial charge in [0.05, 0.1) is 18.8 Å². The molecule has 3 rings (SSSR count). The van der Waals surface area contributed by atoms with Crippen LogP contribution in [0.2, 0.25) is 0 Å². The largest absolute Gasteiger partial charge is 0.403 e. The molecule has 0 bridgehead atoms. The van der Waals surface area contributed by atoms with Crippen molar-refractivity contribution in [3.63, 3.8) is 0 Å². The number of nitrogens with zero attached hydrogens (tertiary/aromatic N) is 2. The molecule has 118 valence electrons. The smallest absolute Gasteiger partial charge is 0.302 e. The van der Waals surface area contributed by atoms with Gasteiger partial charge in [0.25, 0.3) is 0 Å². The van der Waals surface area contributed by atoms with E-state index < -0.39 is 0 Å². The first-order valence-electron chi connectivity index (χ1n) is 7.70. The maximum Gasteiger partial charge on any atom is 0.403 e. The first-order valence-corrected chi connectivity index (χ1v) is 9.12. The van der Waals surface area contributed by atoms with E-state index in [1.807, 2.05) is 0 Å². The monoisotopic (exact) mass is 337 g/mol. The molecule has 22 heavy (non-hydrogen) atoms. The molecule has 2 unspecified atom stereocenters. The molecular weight excluding hydrogens is 316 g/mol. The Labute approximate surface area is 141 Å². The fraction of sp³-hybridized carbons (Fsp3) is 0.500. The molecule has 0 radical (unpaired) electrons. The van der Waals surface area contributed by atoms with Crippen LogP contribution in [-0.2, 0) is 0 Å². The molecule has 2 saturated heterocycles.